The van der Waals surface area contributed by atoms with Crippen LogP contribution in [0.3, 0.4) is 0 Å². The van der Waals surface area contributed by atoms with Crippen LogP contribution in [0.25, 0.3) is 0 Å². The molecule has 1 N–H and O–H groups in total. The lowest BCUT2D eigenvalue weighted by Gasteiger charge is -2.20. The first-order valence-electron chi connectivity index (χ1n) is 6.91. The molecule has 0 spiro atoms. The summed E-state index contributed by atoms with van der Waals surface area (Å²) >= 11 is 7.25. The zero-order chi connectivity index (χ0) is 13.0. The van der Waals surface area contributed by atoms with E-state index in [9.17, 15) is 0 Å². The molecule has 1 fully saturated rings. The maximum absolute atomic E-state index is 3.71. The van der Waals surface area contributed by atoms with Crippen molar-refractivity contribution in [2.45, 2.75) is 51.5 Å². The van der Waals surface area contributed by atoms with E-state index in [4.69, 9.17) is 0 Å². The number of nitrogens with one attached hydrogen (secondary N) is 1. The quantitative estimate of drug-likeness (QED) is 0.641. The van der Waals surface area contributed by atoms with Crippen molar-refractivity contribution in [3.05, 3.63) is 27.1 Å². The van der Waals surface area contributed by atoms with Gasteiger partial charge in [-0.05, 0) is 69.2 Å². The van der Waals surface area contributed by atoms with Crippen molar-refractivity contribution in [1.82, 2.24) is 0 Å². The first-order chi connectivity index (χ1) is 8.70. The summed E-state index contributed by atoms with van der Waals surface area (Å²) < 4.78 is 2.29. The summed E-state index contributed by atoms with van der Waals surface area (Å²) in [5.41, 5.74) is 1.21. The highest BCUT2D eigenvalue weighted by Gasteiger charge is 2.18. The zero-order valence-electron chi connectivity index (χ0n) is 10.9. The summed E-state index contributed by atoms with van der Waals surface area (Å²) in [6.07, 6.45) is 8.07. The minimum Gasteiger partial charge on any atom is -0.380 e. The Hall–Kier alpha value is -0.0200. The highest BCUT2D eigenvalue weighted by molar-refractivity contribution is 9.11. The van der Waals surface area contributed by atoms with Crippen LogP contribution in [0.4, 0.5) is 5.69 Å². The second-order valence-electron chi connectivity index (χ2n) is 5.22. The SMILES string of the molecule is CCC1CCCC(Nc2c(Br)cccc2Br)CC1. The molecular formula is C15H21Br2N. The molecule has 0 aromatic heterocycles. The number of benzene rings is 1. The van der Waals surface area contributed by atoms with E-state index < -0.39 is 0 Å². The molecule has 0 amide bonds. The normalized spacial score (nSPS) is 24.6. The smallest absolute Gasteiger partial charge is 0.0631 e. The van der Waals surface area contributed by atoms with E-state index in [-0.39, 0.29) is 0 Å². The van der Waals surface area contributed by atoms with Gasteiger partial charge in [0, 0.05) is 15.0 Å². The van der Waals surface area contributed by atoms with Crippen LogP contribution < -0.4 is 5.32 Å². The highest BCUT2D eigenvalue weighted by Crippen LogP contribution is 2.34. The number of rotatable bonds is 3. The molecule has 0 radical (unpaired) electrons. The molecular weight excluding hydrogens is 354 g/mol. The molecule has 2 rings (SSSR count). The monoisotopic (exact) mass is 373 g/mol. The zero-order valence-corrected chi connectivity index (χ0v) is 14.1. The van der Waals surface area contributed by atoms with E-state index in [0.29, 0.717) is 6.04 Å². The summed E-state index contributed by atoms with van der Waals surface area (Å²) in [4.78, 5) is 0. The second kappa shape index (κ2) is 6.95. The molecule has 1 aromatic carbocycles. The van der Waals surface area contributed by atoms with E-state index in [0.717, 1.165) is 14.9 Å². The second-order valence-corrected chi connectivity index (χ2v) is 6.93. The lowest BCUT2D eigenvalue weighted by molar-refractivity contribution is 0.444. The van der Waals surface area contributed by atoms with Gasteiger partial charge in [0.25, 0.3) is 0 Å². The van der Waals surface area contributed by atoms with Crippen LogP contribution in [0.5, 0.6) is 0 Å². The topological polar surface area (TPSA) is 12.0 Å². The van der Waals surface area contributed by atoms with Crippen LogP contribution in [0, 0.1) is 5.92 Å². The molecule has 2 atom stereocenters. The van der Waals surface area contributed by atoms with Crippen molar-refractivity contribution < 1.29 is 0 Å². The van der Waals surface area contributed by atoms with Crippen LogP contribution in [0.2, 0.25) is 0 Å². The van der Waals surface area contributed by atoms with Crippen molar-refractivity contribution >= 4 is 37.5 Å². The van der Waals surface area contributed by atoms with Crippen LogP contribution in [0.1, 0.15) is 45.4 Å². The van der Waals surface area contributed by atoms with Gasteiger partial charge in [0.2, 0.25) is 0 Å². The molecule has 100 valence electrons. The average molecular weight is 375 g/mol. The lowest BCUT2D eigenvalue weighted by atomic mass is 9.98. The van der Waals surface area contributed by atoms with Crippen molar-refractivity contribution in [3.63, 3.8) is 0 Å². The van der Waals surface area contributed by atoms with Gasteiger partial charge in [-0.25, -0.2) is 0 Å². The van der Waals surface area contributed by atoms with Crippen LogP contribution >= 0.6 is 31.9 Å². The standard InChI is InChI=1S/C15H21Br2N/c1-2-11-5-3-6-12(10-9-11)18-15-13(16)7-4-8-14(15)17/h4,7-8,11-12,18H,2-3,5-6,9-10H2,1H3. The van der Waals surface area contributed by atoms with Gasteiger partial charge in [-0.2, -0.15) is 0 Å². The first kappa shape index (κ1) is 14.4. The lowest BCUT2D eigenvalue weighted by Crippen LogP contribution is -2.19. The Morgan fingerprint density at radius 2 is 1.83 bits per heavy atom. The predicted molar refractivity (Wildman–Crippen MR) is 86.1 cm³/mol. The van der Waals surface area contributed by atoms with Crippen LogP contribution in [-0.2, 0) is 0 Å². The Bertz CT molecular complexity index is 372. The van der Waals surface area contributed by atoms with Gasteiger partial charge in [-0.15, -0.1) is 0 Å². The number of hydrogen-bond acceptors (Lipinski definition) is 1. The van der Waals surface area contributed by atoms with E-state index in [2.05, 4.69) is 62.3 Å². The van der Waals surface area contributed by atoms with Gasteiger partial charge in [0.1, 0.15) is 0 Å². The van der Waals surface area contributed by atoms with Crippen molar-refractivity contribution in [2.75, 3.05) is 5.32 Å². The molecule has 18 heavy (non-hydrogen) atoms. The Labute approximate surface area is 127 Å². The molecule has 3 heteroatoms. The highest BCUT2D eigenvalue weighted by atomic mass is 79.9. The largest absolute Gasteiger partial charge is 0.380 e. The maximum atomic E-state index is 3.71. The molecule has 0 bridgehead atoms. The predicted octanol–water partition coefficient (Wildman–Crippen LogP) is 5.98. The van der Waals surface area contributed by atoms with Gasteiger partial charge in [-0.3, -0.25) is 0 Å². The number of hydrogen-bond donors (Lipinski definition) is 1. The molecule has 1 nitrogen and oxygen atoms in total. The van der Waals surface area contributed by atoms with E-state index in [1.54, 1.807) is 0 Å². The Kier molecular flexibility index (Phi) is 5.56. The van der Waals surface area contributed by atoms with E-state index >= 15 is 0 Å². The third-order valence-electron chi connectivity index (χ3n) is 3.98. The third-order valence-corrected chi connectivity index (χ3v) is 5.30. The molecule has 1 aliphatic rings. The summed E-state index contributed by atoms with van der Waals surface area (Å²) in [6, 6.07) is 6.87. The van der Waals surface area contributed by atoms with Gasteiger partial charge in [0.05, 0.1) is 5.69 Å². The fourth-order valence-electron chi connectivity index (χ4n) is 2.77. The number of para-hydroxylation sites is 1. The summed E-state index contributed by atoms with van der Waals surface area (Å²) in [5.74, 6) is 0.944. The van der Waals surface area contributed by atoms with Gasteiger partial charge in [0.15, 0.2) is 0 Å². The van der Waals surface area contributed by atoms with Crippen molar-refractivity contribution in [1.29, 1.82) is 0 Å². The molecule has 0 heterocycles. The Balaban J connectivity index is 2.01. The number of halogens is 2. The van der Waals surface area contributed by atoms with Gasteiger partial charge >= 0.3 is 0 Å². The summed E-state index contributed by atoms with van der Waals surface area (Å²) in [7, 11) is 0. The Morgan fingerprint density at radius 3 is 2.50 bits per heavy atom. The fraction of sp³-hybridized carbons (Fsp3) is 0.600. The first-order valence-corrected chi connectivity index (χ1v) is 8.50. The van der Waals surface area contributed by atoms with Gasteiger partial charge < -0.3 is 5.32 Å². The summed E-state index contributed by atoms with van der Waals surface area (Å²) in [6.45, 7) is 2.32. The van der Waals surface area contributed by atoms with E-state index in [1.807, 2.05) is 0 Å². The molecule has 1 aromatic rings. The Morgan fingerprint density at radius 1 is 1.11 bits per heavy atom. The maximum Gasteiger partial charge on any atom is 0.0631 e. The molecule has 2 unspecified atom stereocenters. The minimum absolute atomic E-state index is 0.622. The summed E-state index contributed by atoms with van der Waals surface area (Å²) in [5, 5.41) is 3.71. The average Bonchev–Trinajstić information content (AvgIpc) is 2.59. The van der Waals surface area contributed by atoms with Crippen molar-refractivity contribution in [3.8, 4) is 0 Å². The minimum atomic E-state index is 0.622. The van der Waals surface area contributed by atoms with Crippen molar-refractivity contribution in [2.24, 2.45) is 5.92 Å². The molecule has 1 aliphatic carbocycles. The van der Waals surface area contributed by atoms with Gasteiger partial charge in [-0.1, -0.05) is 32.3 Å². The fourth-order valence-corrected chi connectivity index (χ4v) is 4.00. The number of anilines is 1. The molecule has 0 saturated heterocycles. The van der Waals surface area contributed by atoms with E-state index in [1.165, 1.54) is 44.2 Å². The molecule has 0 aliphatic heterocycles. The van der Waals surface area contributed by atoms with Crippen LogP contribution in [-0.4, -0.2) is 6.04 Å². The third kappa shape index (κ3) is 3.74. The van der Waals surface area contributed by atoms with Crippen LogP contribution in [0.15, 0.2) is 27.1 Å². The molecule has 1 saturated carbocycles.